The number of nitrogens with zero attached hydrogens (tertiary/aromatic N) is 1. The fraction of sp³-hybridized carbons (Fsp3) is 0.160. The zero-order chi connectivity index (χ0) is 21.5. The van der Waals surface area contributed by atoms with Gasteiger partial charge in [-0.05, 0) is 41.3 Å². The lowest BCUT2D eigenvalue weighted by molar-refractivity contribution is 0.167. The van der Waals surface area contributed by atoms with Crippen LogP contribution in [0.1, 0.15) is 22.9 Å². The molecule has 1 atom stereocenters. The molecule has 0 saturated carbocycles. The molecule has 1 aromatic heterocycles. The van der Waals surface area contributed by atoms with Gasteiger partial charge in [-0.2, -0.15) is 0 Å². The van der Waals surface area contributed by atoms with Gasteiger partial charge in [0, 0.05) is 17.1 Å². The molecule has 7 nitrogen and oxygen atoms in total. The van der Waals surface area contributed by atoms with Crippen LogP contribution in [0, 0.1) is 0 Å². The van der Waals surface area contributed by atoms with E-state index in [1.54, 1.807) is 18.3 Å². The van der Waals surface area contributed by atoms with Crippen LogP contribution in [-0.4, -0.2) is 23.7 Å². The first-order valence-corrected chi connectivity index (χ1v) is 10.2. The van der Waals surface area contributed by atoms with E-state index in [0.29, 0.717) is 46.6 Å². The molecular weight excluding hydrogens is 410 g/mol. The van der Waals surface area contributed by atoms with E-state index in [-0.39, 0.29) is 13.6 Å². The lowest BCUT2D eigenvalue weighted by Gasteiger charge is -2.19. The van der Waals surface area contributed by atoms with Crippen molar-refractivity contribution in [3.63, 3.8) is 0 Å². The first kappa shape index (κ1) is 18.8. The van der Waals surface area contributed by atoms with Crippen LogP contribution >= 0.6 is 0 Å². The number of benzene rings is 3. The van der Waals surface area contributed by atoms with E-state index in [0.717, 1.165) is 16.3 Å². The largest absolute Gasteiger partial charge is 0.484 e. The van der Waals surface area contributed by atoms with Crippen LogP contribution in [0.25, 0.3) is 10.8 Å². The van der Waals surface area contributed by atoms with Crippen molar-refractivity contribution < 1.29 is 28.8 Å². The third-order valence-electron chi connectivity index (χ3n) is 5.59. The molecule has 1 N–H and O–H groups in total. The third-order valence-corrected chi connectivity index (χ3v) is 5.59. The van der Waals surface area contributed by atoms with Crippen molar-refractivity contribution in [3.8, 4) is 28.7 Å². The van der Waals surface area contributed by atoms with Crippen molar-refractivity contribution in [1.82, 2.24) is 4.98 Å². The van der Waals surface area contributed by atoms with Crippen LogP contribution in [0.3, 0.4) is 0 Å². The maximum Gasteiger partial charge on any atom is 0.231 e. The van der Waals surface area contributed by atoms with E-state index in [1.807, 2.05) is 48.5 Å². The molecule has 32 heavy (non-hydrogen) atoms. The zero-order valence-electron chi connectivity index (χ0n) is 17.0. The summed E-state index contributed by atoms with van der Waals surface area (Å²) in [6.07, 6.45) is 0.611. The number of aliphatic hydroxyl groups excluding tert-OH is 1. The van der Waals surface area contributed by atoms with Gasteiger partial charge in [-0.3, -0.25) is 4.98 Å². The van der Waals surface area contributed by atoms with Gasteiger partial charge in [0.1, 0.15) is 12.7 Å². The van der Waals surface area contributed by atoms with Crippen molar-refractivity contribution in [2.75, 3.05) is 13.6 Å². The minimum Gasteiger partial charge on any atom is -0.484 e. The predicted octanol–water partition coefficient (Wildman–Crippen LogP) is 4.35. The number of aromatic nitrogens is 1. The molecule has 0 amide bonds. The van der Waals surface area contributed by atoms with Crippen LogP contribution in [-0.2, 0) is 6.61 Å². The van der Waals surface area contributed by atoms with Gasteiger partial charge in [0.05, 0.1) is 5.69 Å². The summed E-state index contributed by atoms with van der Waals surface area (Å²) in [5.41, 5.74) is 2.03. The molecule has 0 fully saturated rings. The number of ether oxygens (including phenoxy) is 5. The Morgan fingerprint density at radius 1 is 0.875 bits per heavy atom. The number of pyridine rings is 1. The van der Waals surface area contributed by atoms with Gasteiger partial charge in [-0.25, -0.2) is 0 Å². The van der Waals surface area contributed by atoms with Gasteiger partial charge in [-0.1, -0.05) is 30.3 Å². The molecule has 0 radical (unpaired) electrons. The zero-order valence-corrected chi connectivity index (χ0v) is 17.0. The van der Waals surface area contributed by atoms with Gasteiger partial charge < -0.3 is 28.8 Å². The molecule has 0 bridgehead atoms. The van der Waals surface area contributed by atoms with Crippen LogP contribution in [0.2, 0.25) is 0 Å². The highest BCUT2D eigenvalue weighted by molar-refractivity contribution is 5.88. The van der Waals surface area contributed by atoms with Gasteiger partial charge in [0.15, 0.2) is 23.0 Å². The lowest BCUT2D eigenvalue weighted by Crippen LogP contribution is -2.07. The second-order valence-electron chi connectivity index (χ2n) is 7.52. The van der Waals surface area contributed by atoms with E-state index in [4.69, 9.17) is 23.7 Å². The van der Waals surface area contributed by atoms with Gasteiger partial charge in [0.25, 0.3) is 0 Å². The number of aliphatic hydroxyl groups is 1. The smallest absolute Gasteiger partial charge is 0.231 e. The molecule has 3 heterocycles. The Balaban J connectivity index is 1.43. The Kier molecular flexibility index (Phi) is 4.47. The molecule has 4 aromatic rings. The molecule has 160 valence electrons. The first-order chi connectivity index (χ1) is 15.8. The molecule has 3 aromatic carbocycles. The highest BCUT2D eigenvalue weighted by atomic mass is 16.7. The monoisotopic (exact) mass is 429 g/mol. The summed E-state index contributed by atoms with van der Waals surface area (Å²) in [7, 11) is 0. The van der Waals surface area contributed by atoms with Crippen molar-refractivity contribution in [3.05, 3.63) is 83.7 Å². The molecule has 1 unspecified atom stereocenters. The van der Waals surface area contributed by atoms with E-state index in [9.17, 15) is 5.11 Å². The Bertz CT molecular complexity index is 1310. The van der Waals surface area contributed by atoms with Crippen molar-refractivity contribution >= 4 is 10.8 Å². The summed E-state index contributed by atoms with van der Waals surface area (Å²) in [6, 6.07) is 19.0. The average molecular weight is 429 g/mol. The topological polar surface area (TPSA) is 79.3 Å². The Hall–Kier alpha value is -3.97. The average Bonchev–Trinajstić information content (AvgIpc) is 3.50. The minimum absolute atomic E-state index is 0.104. The fourth-order valence-electron chi connectivity index (χ4n) is 4.01. The molecular formula is C25H19NO6. The van der Waals surface area contributed by atoms with Gasteiger partial charge in [-0.15, -0.1) is 0 Å². The Morgan fingerprint density at radius 2 is 1.66 bits per heavy atom. The maximum atomic E-state index is 11.4. The number of hydrogen-bond donors (Lipinski definition) is 1. The second-order valence-corrected chi connectivity index (χ2v) is 7.52. The van der Waals surface area contributed by atoms with E-state index < -0.39 is 6.10 Å². The normalized spacial score (nSPS) is 14.5. The summed E-state index contributed by atoms with van der Waals surface area (Å²) >= 11 is 0. The van der Waals surface area contributed by atoms with Crippen molar-refractivity contribution in [1.29, 1.82) is 0 Å². The predicted molar refractivity (Wildman–Crippen MR) is 115 cm³/mol. The second kappa shape index (κ2) is 7.62. The summed E-state index contributed by atoms with van der Waals surface area (Å²) in [5.74, 6) is 2.81. The van der Waals surface area contributed by atoms with Gasteiger partial charge >= 0.3 is 0 Å². The molecule has 2 aliphatic rings. The number of hydrogen-bond acceptors (Lipinski definition) is 7. The van der Waals surface area contributed by atoms with Crippen LogP contribution in [0.4, 0.5) is 0 Å². The third kappa shape index (κ3) is 3.14. The van der Waals surface area contributed by atoms with Crippen LogP contribution in [0.15, 0.2) is 66.9 Å². The van der Waals surface area contributed by atoms with Crippen molar-refractivity contribution in [2.24, 2.45) is 0 Å². The highest BCUT2D eigenvalue weighted by Gasteiger charge is 2.28. The molecule has 0 spiro atoms. The maximum absolute atomic E-state index is 11.4. The summed E-state index contributed by atoms with van der Waals surface area (Å²) < 4.78 is 28.4. The Labute approximate surface area is 183 Å². The summed E-state index contributed by atoms with van der Waals surface area (Å²) in [4.78, 5) is 4.49. The fourth-order valence-corrected chi connectivity index (χ4v) is 4.01. The molecule has 0 aliphatic carbocycles. The van der Waals surface area contributed by atoms with E-state index in [2.05, 4.69) is 4.98 Å². The van der Waals surface area contributed by atoms with Crippen molar-refractivity contribution in [2.45, 2.75) is 12.7 Å². The standard InChI is InChI=1S/C25H19NO6/c27-23(22-18-11-21-20(30-13-31-21)10-16(18)8-9-26-22)17-6-7-19-25(32-14-29-19)24(17)28-12-15-4-2-1-3-5-15/h1-11,23,27H,12-14H2. The molecule has 6 rings (SSSR count). The first-order valence-electron chi connectivity index (χ1n) is 10.2. The van der Waals surface area contributed by atoms with Crippen LogP contribution in [0.5, 0.6) is 28.7 Å². The van der Waals surface area contributed by atoms with E-state index in [1.165, 1.54) is 0 Å². The van der Waals surface area contributed by atoms with E-state index >= 15 is 0 Å². The quantitative estimate of drug-likeness (QED) is 0.505. The summed E-state index contributed by atoms with van der Waals surface area (Å²) in [5, 5.41) is 13.1. The summed E-state index contributed by atoms with van der Waals surface area (Å²) in [6.45, 7) is 0.602. The Morgan fingerprint density at radius 3 is 2.53 bits per heavy atom. The molecule has 7 heteroatoms. The molecule has 0 saturated heterocycles. The van der Waals surface area contributed by atoms with Gasteiger partial charge in [0.2, 0.25) is 19.3 Å². The SMILES string of the molecule is OC(c1ccc2c(c1OCc1ccccc1)OCO2)c1nccc2cc3c(cc12)OCO3. The van der Waals surface area contributed by atoms with Crippen LogP contribution < -0.4 is 23.7 Å². The molecule has 2 aliphatic heterocycles. The number of rotatable bonds is 5. The number of fused-ring (bicyclic) bond motifs is 3. The lowest BCUT2D eigenvalue weighted by atomic mass is 9.99. The minimum atomic E-state index is -1.06. The highest BCUT2D eigenvalue weighted by Crippen LogP contribution is 2.47.